The average Bonchev–Trinajstić information content (AvgIpc) is 3.37. The normalized spacial score (nSPS) is 23.8. The van der Waals surface area contributed by atoms with E-state index in [1.165, 1.54) is 10.6 Å². The summed E-state index contributed by atoms with van der Waals surface area (Å²) in [5.41, 5.74) is 1.80. The third-order valence-electron chi connectivity index (χ3n) is 7.15. The zero-order valence-corrected chi connectivity index (χ0v) is 21.9. The van der Waals surface area contributed by atoms with Crippen LogP contribution in [-0.2, 0) is 21.3 Å². The van der Waals surface area contributed by atoms with Crippen molar-refractivity contribution in [3.63, 3.8) is 0 Å². The fraction of sp³-hybridized carbons (Fsp3) is 0.682. The second kappa shape index (κ2) is 10.5. The molecule has 1 aromatic carbocycles. The Morgan fingerprint density at radius 1 is 1.00 bits per heavy atom. The number of amides is 1. The number of benzene rings is 1. The molecular weight excluding hydrogens is 566 g/mol. The molecule has 0 aliphatic carbocycles. The summed E-state index contributed by atoms with van der Waals surface area (Å²) in [5.74, 6) is 0.367. The number of hydrogen-bond acceptors (Lipinski definition) is 6. The summed E-state index contributed by atoms with van der Waals surface area (Å²) in [6.07, 6.45) is -16.2. The molecule has 0 spiro atoms. The minimum atomic E-state index is -5.77. The van der Waals surface area contributed by atoms with Gasteiger partial charge in [0, 0.05) is 69.6 Å². The van der Waals surface area contributed by atoms with E-state index in [4.69, 9.17) is 11.6 Å². The van der Waals surface area contributed by atoms with Crippen LogP contribution in [0, 0.1) is 11.8 Å². The van der Waals surface area contributed by atoms with Crippen LogP contribution in [-0.4, -0.2) is 106 Å². The molecule has 2 atom stereocenters. The highest BCUT2D eigenvalue weighted by Gasteiger charge is 2.60. The van der Waals surface area contributed by atoms with Gasteiger partial charge < -0.3 is 14.5 Å². The van der Waals surface area contributed by atoms with Gasteiger partial charge in [0.1, 0.15) is 0 Å². The molecule has 0 saturated carbocycles. The summed E-state index contributed by atoms with van der Waals surface area (Å²) in [6.45, 7) is 2.88. The van der Waals surface area contributed by atoms with Crippen LogP contribution in [0.15, 0.2) is 18.2 Å². The summed E-state index contributed by atoms with van der Waals surface area (Å²) >= 11 is 6.26. The lowest BCUT2D eigenvalue weighted by molar-refractivity contribution is -0.308. The third-order valence-corrected chi connectivity index (χ3v) is 8.62. The number of halogens is 7. The molecule has 4 rings (SSSR count). The number of hydrogen-bond donors (Lipinski definition) is 0. The van der Waals surface area contributed by atoms with Gasteiger partial charge in [-0.25, -0.2) is 17.5 Å². The molecule has 0 radical (unpaired) electrons. The number of carbonyl (C=O) groups excluding carboxylic acids is 1. The number of alkyl halides is 6. The van der Waals surface area contributed by atoms with E-state index in [0.29, 0.717) is 37.7 Å². The molecule has 214 valence electrons. The molecule has 3 heterocycles. The molecule has 1 amide bonds. The van der Waals surface area contributed by atoms with E-state index in [1.807, 2.05) is 17.0 Å². The third kappa shape index (κ3) is 6.59. The maximum Gasteiger partial charge on any atom is 0.434 e. The quantitative estimate of drug-likeness (QED) is 0.488. The molecule has 0 N–H and O–H groups in total. The van der Waals surface area contributed by atoms with Crippen LogP contribution in [0.5, 0.6) is 0 Å². The van der Waals surface area contributed by atoms with Crippen LogP contribution in [0.4, 0.5) is 36.8 Å². The first-order chi connectivity index (χ1) is 17.5. The Kier molecular flexibility index (Phi) is 8.05. The van der Waals surface area contributed by atoms with Crippen LogP contribution >= 0.6 is 11.6 Å². The maximum absolute atomic E-state index is 12.7. The Hall–Kier alpha value is -1.97. The largest absolute Gasteiger partial charge is 0.434 e. The molecule has 1 aromatic rings. The van der Waals surface area contributed by atoms with Crippen LogP contribution in [0.2, 0.25) is 5.02 Å². The predicted octanol–water partition coefficient (Wildman–Crippen LogP) is 3.42. The van der Waals surface area contributed by atoms with Gasteiger partial charge in [-0.15, -0.1) is 0 Å². The number of fused-ring (bicyclic) bond motifs is 1. The van der Waals surface area contributed by atoms with Crippen molar-refractivity contribution in [3.8, 4) is 0 Å². The molecule has 3 aliphatic heterocycles. The molecule has 0 bridgehead atoms. The molecular formula is C22H27ClF6N4O4S. The minimum Gasteiger partial charge on any atom is -0.426 e. The van der Waals surface area contributed by atoms with E-state index in [2.05, 4.69) is 9.64 Å². The SMILES string of the molecule is CS(=O)(=O)N1CC2CN(c3cc(Cl)ccc3CN3CCN(C(=O)OC(C(F)(F)F)C(F)(F)F)CC3)CC2C1. The lowest BCUT2D eigenvalue weighted by atomic mass is 10.0. The van der Waals surface area contributed by atoms with Crippen molar-refractivity contribution in [3.05, 3.63) is 28.8 Å². The van der Waals surface area contributed by atoms with Crippen LogP contribution < -0.4 is 4.90 Å². The Morgan fingerprint density at radius 3 is 2.05 bits per heavy atom. The number of nitrogens with zero attached hydrogens (tertiary/aromatic N) is 4. The second-order valence-corrected chi connectivity index (χ2v) is 12.3. The molecule has 16 heteroatoms. The smallest absolute Gasteiger partial charge is 0.426 e. The Morgan fingerprint density at radius 2 is 1.55 bits per heavy atom. The molecule has 38 heavy (non-hydrogen) atoms. The van der Waals surface area contributed by atoms with Gasteiger partial charge >= 0.3 is 18.4 Å². The van der Waals surface area contributed by atoms with Crippen molar-refractivity contribution in [1.29, 1.82) is 0 Å². The number of ether oxygens (including phenoxy) is 1. The van der Waals surface area contributed by atoms with Crippen LogP contribution in [0.25, 0.3) is 0 Å². The van der Waals surface area contributed by atoms with Gasteiger partial charge in [0.25, 0.3) is 6.10 Å². The molecule has 8 nitrogen and oxygen atoms in total. The van der Waals surface area contributed by atoms with E-state index in [1.54, 1.807) is 6.07 Å². The van der Waals surface area contributed by atoms with Gasteiger partial charge in [-0.2, -0.15) is 26.3 Å². The summed E-state index contributed by atoms with van der Waals surface area (Å²) in [7, 11) is -3.25. The van der Waals surface area contributed by atoms with Gasteiger partial charge in [0.05, 0.1) is 6.26 Å². The topological polar surface area (TPSA) is 73.4 Å². The van der Waals surface area contributed by atoms with Gasteiger partial charge in [-0.05, 0) is 29.5 Å². The van der Waals surface area contributed by atoms with E-state index >= 15 is 0 Å². The molecule has 3 aliphatic rings. The van der Waals surface area contributed by atoms with Crippen molar-refractivity contribution >= 4 is 33.4 Å². The minimum absolute atomic E-state index is 0.0978. The zero-order chi connectivity index (χ0) is 28.0. The molecule has 3 fully saturated rings. The van der Waals surface area contributed by atoms with Gasteiger partial charge in [-0.1, -0.05) is 17.7 Å². The first-order valence-electron chi connectivity index (χ1n) is 11.8. The van der Waals surface area contributed by atoms with Gasteiger partial charge in [0.2, 0.25) is 10.0 Å². The zero-order valence-electron chi connectivity index (χ0n) is 20.3. The van der Waals surface area contributed by atoms with Crippen molar-refractivity contribution in [2.75, 3.05) is 63.5 Å². The molecule has 0 aromatic heterocycles. The van der Waals surface area contributed by atoms with E-state index in [9.17, 15) is 39.6 Å². The highest BCUT2D eigenvalue weighted by atomic mass is 35.5. The van der Waals surface area contributed by atoms with Crippen LogP contribution in [0.1, 0.15) is 5.56 Å². The van der Waals surface area contributed by atoms with Crippen molar-refractivity contribution in [2.24, 2.45) is 11.8 Å². The van der Waals surface area contributed by atoms with E-state index in [0.717, 1.165) is 16.2 Å². The van der Waals surface area contributed by atoms with Gasteiger partial charge in [0.15, 0.2) is 0 Å². The standard InChI is InChI=1S/C22H27ClF6N4O4S/c1-38(35,36)33-12-15-10-32(11-16(15)13-33)18-8-17(23)3-2-14(18)9-30-4-6-31(7-5-30)20(34)37-19(21(24,25)26)22(27,28)29/h2-3,8,15-16,19H,4-7,9-13H2,1H3. The summed E-state index contributed by atoms with van der Waals surface area (Å²) < 4.78 is 105. The second-order valence-electron chi connectivity index (χ2n) is 9.89. The first-order valence-corrected chi connectivity index (χ1v) is 14.0. The van der Waals surface area contributed by atoms with E-state index in [-0.39, 0.29) is 38.0 Å². The highest BCUT2D eigenvalue weighted by Crippen LogP contribution is 2.38. The summed E-state index contributed by atoms with van der Waals surface area (Å²) in [6, 6.07) is 5.41. The molecule has 2 unspecified atom stereocenters. The fourth-order valence-corrected chi connectivity index (χ4v) is 6.30. The Labute approximate surface area is 221 Å². The number of sulfonamides is 1. The summed E-state index contributed by atoms with van der Waals surface area (Å²) in [5, 5.41) is 0.523. The first kappa shape index (κ1) is 29.0. The predicted molar refractivity (Wildman–Crippen MR) is 126 cm³/mol. The van der Waals surface area contributed by atoms with Crippen molar-refractivity contribution in [1.82, 2.24) is 14.1 Å². The molecule has 3 saturated heterocycles. The fourth-order valence-electron chi connectivity index (χ4n) is 5.21. The van der Waals surface area contributed by atoms with E-state index < -0.39 is 34.6 Å². The van der Waals surface area contributed by atoms with Crippen LogP contribution in [0.3, 0.4) is 0 Å². The lowest BCUT2D eigenvalue weighted by Gasteiger charge is -2.36. The highest BCUT2D eigenvalue weighted by molar-refractivity contribution is 7.88. The summed E-state index contributed by atoms with van der Waals surface area (Å²) in [4.78, 5) is 17.0. The monoisotopic (exact) mass is 592 g/mol. The maximum atomic E-state index is 12.7. The number of piperazine rings is 1. The average molecular weight is 593 g/mol. The number of anilines is 1. The lowest BCUT2D eigenvalue weighted by Crippen LogP contribution is -2.52. The van der Waals surface area contributed by atoms with Gasteiger partial charge in [-0.3, -0.25) is 4.90 Å². The number of rotatable bonds is 5. The Bertz CT molecular complexity index is 1120. The number of carbonyl (C=O) groups is 1. The van der Waals surface area contributed by atoms with Crippen molar-refractivity contribution in [2.45, 2.75) is 25.0 Å². The Balaban J connectivity index is 1.36. The van der Waals surface area contributed by atoms with Crippen molar-refractivity contribution < 1.29 is 44.3 Å².